The first-order valence-corrected chi connectivity index (χ1v) is 6.45. The van der Waals surface area contributed by atoms with Gasteiger partial charge in [0.1, 0.15) is 12.4 Å². The van der Waals surface area contributed by atoms with Crippen LogP contribution in [0.3, 0.4) is 0 Å². The number of nitrogens with zero attached hydrogens (tertiary/aromatic N) is 2. The summed E-state index contributed by atoms with van der Waals surface area (Å²) >= 11 is 3.13. The third-order valence-electron chi connectivity index (χ3n) is 2.58. The van der Waals surface area contributed by atoms with Crippen molar-refractivity contribution in [3.63, 3.8) is 0 Å². The minimum atomic E-state index is -0.454. The third-order valence-corrected chi connectivity index (χ3v) is 3.25. The van der Waals surface area contributed by atoms with Gasteiger partial charge in [-0.15, -0.1) is 0 Å². The summed E-state index contributed by atoms with van der Waals surface area (Å²) in [6, 6.07) is 13.6. The summed E-state index contributed by atoms with van der Waals surface area (Å²) < 4.78 is 5.95. The molecule has 6 heteroatoms. The van der Waals surface area contributed by atoms with E-state index < -0.39 is 4.92 Å². The van der Waals surface area contributed by atoms with Crippen molar-refractivity contribution in [2.75, 3.05) is 0 Å². The van der Waals surface area contributed by atoms with E-state index in [0.717, 1.165) is 0 Å². The van der Waals surface area contributed by atoms with Gasteiger partial charge in [-0.25, -0.2) is 0 Å². The van der Waals surface area contributed by atoms with Crippen molar-refractivity contribution in [3.05, 3.63) is 68.2 Å². The second kappa shape index (κ2) is 6.17. The lowest BCUT2D eigenvalue weighted by Gasteiger charge is -2.06. The van der Waals surface area contributed by atoms with Crippen molar-refractivity contribution in [2.24, 2.45) is 0 Å². The molecule has 0 aromatic heterocycles. The van der Waals surface area contributed by atoms with E-state index in [-0.39, 0.29) is 12.3 Å². The van der Waals surface area contributed by atoms with Crippen molar-refractivity contribution < 1.29 is 9.66 Å². The monoisotopic (exact) mass is 332 g/mol. The Labute approximate surface area is 123 Å². The van der Waals surface area contributed by atoms with Crippen LogP contribution in [0.15, 0.2) is 46.9 Å². The molecule has 0 bridgehead atoms. The van der Waals surface area contributed by atoms with Crippen LogP contribution in [0.1, 0.15) is 11.1 Å². The predicted octanol–water partition coefficient (Wildman–Crippen LogP) is 3.81. The molecule has 2 aromatic carbocycles. The minimum absolute atomic E-state index is 0.00289. The van der Waals surface area contributed by atoms with Gasteiger partial charge in [0.05, 0.1) is 21.0 Å². The Kier molecular flexibility index (Phi) is 4.33. The number of hydrogen-bond donors (Lipinski definition) is 0. The number of nitriles is 1. The molecule has 20 heavy (non-hydrogen) atoms. The van der Waals surface area contributed by atoms with Crippen molar-refractivity contribution in [3.8, 4) is 11.8 Å². The van der Waals surface area contributed by atoms with Crippen molar-refractivity contribution in [2.45, 2.75) is 6.61 Å². The lowest BCUT2D eigenvalue weighted by molar-refractivity contribution is -0.385. The van der Waals surface area contributed by atoms with Gasteiger partial charge in [-0.3, -0.25) is 10.1 Å². The minimum Gasteiger partial charge on any atom is -0.489 e. The van der Waals surface area contributed by atoms with E-state index in [9.17, 15) is 10.1 Å². The summed E-state index contributed by atoms with van der Waals surface area (Å²) in [5, 5.41) is 19.6. The Morgan fingerprint density at radius 3 is 2.80 bits per heavy atom. The van der Waals surface area contributed by atoms with Gasteiger partial charge in [0.15, 0.2) is 0 Å². The second-order valence-corrected chi connectivity index (χ2v) is 4.83. The first-order chi connectivity index (χ1) is 9.60. The van der Waals surface area contributed by atoms with Crippen molar-refractivity contribution in [1.29, 1.82) is 5.26 Å². The van der Waals surface area contributed by atoms with E-state index in [1.165, 1.54) is 6.07 Å². The van der Waals surface area contributed by atoms with E-state index in [1.54, 1.807) is 36.4 Å². The molecule has 0 heterocycles. The van der Waals surface area contributed by atoms with Gasteiger partial charge in [-0.05, 0) is 45.8 Å². The Balaban J connectivity index is 2.13. The molecule has 2 aromatic rings. The Bertz CT molecular complexity index is 695. The van der Waals surface area contributed by atoms with Crippen LogP contribution in [0.2, 0.25) is 0 Å². The number of halogens is 1. The molecule has 100 valence electrons. The highest BCUT2D eigenvalue weighted by atomic mass is 79.9. The lowest BCUT2D eigenvalue weighted by Crippen LogP contribution is -1.97. The predicted molar refractivity (Wildman–Crippen MR) is 76.3 cm³/mol. The van der Waals surface area contributed by atoms with Crippen LogP contribution in [-0.2, 0) is 6.61 Å². The van der Waals surface area contributed by atoms with E-state index in [0.29, 0.717) is 21.3 Å². The quantitative estimate of drug-likeness (QED) is 0.630. The third kappa shape index (κ3) is 3.33. The van der Waals surface area contributed by atoms with E-state index >= 15 is 0 Å². The van der Waals surface area contributed by atoms with E-state index in [4.69, 9.17) is 10.00 Å². The summed E-state index contributed by atoms with van der Waals surface area (Å²) in [7, 11) is 0. The number of hydrogen-bond acceptors (Lipinski definition) is 4. The maximum Gasteiger partial charge on any atom is 0.283 e. The number of benzene rings is 2. The molecule has 0 radical (unpaired) electrons. The molecule has 0 aliphatic rings. The summed E-state index contributed by atoms with van der Waals surface area (Å²) in [4.78, 5) is 10.4. The van der Waals surface area contributed by atoms with E-state index in [1.807, 2.05) is 6.07 Å². The summed E-state index contributed by atoms with van der Waals surface area (Å²) in [6.45, 7) is 0.197. The Hall–Kier alpha value is -2.39. The molecule has 5 nitrogen and oxygen atoms in total. The lowest BCUT2D eigenvalue weighted by atomic mass is 10.2. The topological polar surface area (TPSA) is 76.2 Å². The van der Waals surface area contributed by atoms with Gasteiger partial charge < -0.3 is 4.74 Å². The highest BCUT2D eigenvalue weighted by Crippen LogP contribution is 2.26. The molecule has 0 fully saturated rings. The summed E-state index contributed by atoms with van der Waals surface area (Å²) in [5.41, 5.74) is 1.18. The Morgan fingerprint density at radius 1 is 1.30 bits per heavy atom. The molecule has 0 saturated carbocycles. The maximum atomic E-state index is 10.8. The molecule has 0 aliphatic heterocycles. The first kappa shape index (κ1) is 14.0. The van der Waals surface area contributed by atoms with Crippen molar-refractivity contribution in [1.82, 2.24) is 0 Å². The van der Waals surface area contributed by atoms with Gasteiger partial charge in [0.25, 0.3) is 5.69 Å². The zero-order valence-corrected chi connectivity index (χ0v) is 11.8. The second-order valence-electron chi connectivity index (χ2n) is 3.97. The summed E-state index contributed by atoms with van der Waals surface area (Å²) in [6.07, 6.45) is 0. The molecule has 0 unspecified atom stereocenters. The fraction of sp³-hybridized carbons (Fsp3) is 0.0714. The molecule has 0 N–H and O–H groups in total. The van der Waals surface area contributed by atoms with Gasteiger partial charge >= 0.3 is 0 Å². The van der Waals surface area contributed by atoms with Crippen LogP contribution in [0.4, 0.5) is 5.69 Å². The first-order valence-electron chi connectivity index (χ1n) is 5.66. The normalized spacial score (nSPS) is 9.80. The molecular formula is C14H9BrN2O3. The smallest absolute Gasteiger partial charge is 0.283 e. The molecule has 0 aliphatic carbocycles. The fourth-order valence-electron chi connectivity index (χ4n) is 1.61. The zero-order chi connectivity index (χ0) is 14.5. The van der Waals surface area contributed by atoms with E-state index in [2.05, 4.69) is 15.9 Å². The highest BCUT2D eigenvalue weighted by molar-refractivity contribution is 9.10. The average molecular weight is 333 g/mol. The molecular weight excluding hydrogens is 324 g/mol. The maximum absolute atomic E-state index is 10.8. The van der Waals surface area contributed by atoms with Crippen molar-refractivity contribution >= 4 is 21.6 Å². The number of ether oxygens (including phenoxy) is 1. The molecule has 0 saturated heterocycles. The number of nitro groups is 1. The van der Waals surface area contributed by atoms with Gasteiger partial charge in [0.2, 0.25) is 0 Å². The van der Waals surface area contributed by atoms with Crippen LogP contribution in [0.5, 0.6) is 5.75 Å². The number of rotatable bonds is 4. The van der Waals surface area contributed by atoms with Crippen LogP contribution in [-0.4, -0.2) is 4.92 Å². The standard InChI is InChI=1S/C14H9BrN2O3/c15-13-5-4-11(7-14(13)17(18)19)9-20-12-3-1-2-10(6-12)8-16/h1-7H,9H2. The highest BCUT2D eigenvalue weighted by Gasteiger charge is 2.12. The largest absolute Gasteiger partial charge is 0.489 e. The molecule has 0 spiro atoms. The zero-order valence-electron chi connectivity index (χ0n) is 10.2. The fourth-order valence-corrected chi connectivity index (χ4v) is 2.00. The van der Waals surface area contributed by atoms with Gasteiger partial charge in [-0.2, -0.15) is 5.26 Å². The molecule has 2 rings (SSSR count). The van der Waals surface area contributed by atoms with Gasteiger partial charge in [0, 0.05) is 6.07 Å². The van der Waals surface area contributed by atoms with Crippen LogP contribution in [0.25, 0.3) is 0 Å². The Morgan fingerprint density at radius 2 is 2.10 bits per heavy atom. The van der Waals surface area contributed by atoms with Crippen LogP contribution >= 0.6 is 15.9 Å². The van der Waals surface area contributed by atoms with Crippen LogP contribution < -0.4 is 4.74 Å². The molecule has 0 amide bonds. The SMILES string of the molecule is N#Cc1cccc(OCc2ccc(Br)c([N+](=O)[O-])c2)c1. The summed E-state index contributed by atoms with van der Waals surface area (Å²) in [5.74, 6) is 0.551. The van der Waals surface area contributed by atoms with Gasteiger partial charge in [-0.1, -0.05) is 12.1 Å². The number of nitro benzene ring substituents is 1. The molecule has 0 atom stereocenters. The van der Waals surface area contributed by atoms with Crippen LogP contribution in [0, 0.1) is 21.4 Å². The average Bonchev–Trinajstić information content (AvgIpc) is 2.46.